The van der Waals surface area contributed by atoms with Crippen LogP contribution >= 0.6 is 0 Å². The summed E-state index contributed by atoms with van der Waals surface area (Å²) < 4.78 is 25.2. The van der Waals surface area contributed by atoms with Crippen LogP contribution in [0.3, 0.4) is 0 Å². The molecule has 0 unspecified atom stereocenters. The largest absolute Gasteiger partial charge is 0.366 e. The minimum atomic E-state index is -3.54. The summed E-state index contributed by atoms with van der Waals surface area (Å²) >= 11 is 0. The molecule has 24 heavy (non-hydrogen) atoms. The van der Waals surface area contributed by atoms with Gasteiger partial charge >= 0.3 is 0 Å². The third kappa shape index (κ3) is 3.41. The average Bonchev–Trinajstić information content (AvgIpc) is 2.59. The van der Waals surface area contributed by atoms with E-state index in [1.807, 2.05) is 30.3 Å². The predicted molar refractivity (Wildman–Crippen MR) is 91.7 cm³/mol. The fraction of sp³-hybridized carbons (Fsp3) is 0.118. The first-order valence-electron chi connectivity index (χ1n) is 7.29. The van der Waals surface area contributed by atoms with Gasteiger partial charge in [0, 0.05) is 0 Å². The van der Waals surface area contributed by atoms with Crippen molar-refractivity contribution in [3.05, 3.63) is 66.0 Å². The third-order valence-corrected chi connectivity index (χ3v) is 5.26. The molecule has 1 heterocycles. The summed E-state index contributed by atoms with van der Waals surface area (Å²) in [5.41, 5.74) is 8.25. The lowest BCUT2D eigenvalue weighted by Gasteiger charge is -2.07. The van der Waals surface area contributed by atoms with Gasteiger partial charge in [0.1, 0.15) is 0 Å². The molecule has 0 saturated heterocycles. The number of nitrogens with two attached hydrogens (primary N) is 1. The van der Waals surface area contributed by atoms with Gasteiger partial charge in [0.2, 0.25) is 5.95 Å². The first kappa shape index (κ1) is 16.1. The van der Waals surface area contributed by atoms with E-state index < -0.39 is 9.84 Å². The number of nitrogen functional groups attached to an aromatic ring is 1. The van der Waals surface area contributed by atoms with E-state index in [4.69, 9.17) is 5.73 Å². The number of aromatic nitrogens is 3. The van der Waals surface area contributed by atoms with Crippen molar-refractivity contribution in [1.82, 2.24) is 15.2 Å². The van der Waals surface area contributed by atoms with Crippen LogP contribution < -0.4 is 5.73 Å². The summed E-state index contributed by atoms with van der Waals surface area (Å²) in [5, 5.41) is 7.42. The molecule has 0 atom stereocenters. The molecule has 6 nitrogen and oxygen atoms in total. The van der Waals surface area contributed by atoms with Crippen molar-refractivity contribution in [2.45, 2.75) is 17.6 Å². The van der Waals surface area contributed by atoms with Crippen LogP contribution in [0.15, 0.2) is 59.5 Å². The number of benzene rings is 2. The van der Waals surface area contributed by atoms with Gasteiger partial charge in [-0.05, 0) is 30.2 Å². The predicted octanol–water partition coefficient (Wildman–Crippen LogP) is 2.40. The topological polar surface area (TPSA) is 98.8 Å². The van der Waals surface area contributed by atoms with Gasteiger partial charge in [0.25, 0.3) is 0 Å². The zero-order chi connectivity index (χ0) is 17.2. The molecule has 3 rings (SSSR count). The second-order valence-electron chi connectivity index (χ2n) is 5.35. The Bertz CT molecular complexity index is 956. The fourth-order valence-corrected chi connectivity index (χ4v) is 3.66. The van der Waals surface area contributed by atoms with E-state index in [9.17, 15) is 8.42 Å². The summed E-state index contributed by atoms with van der Waals surface area (Å²) in [5.74, 6) is -0.298. The van der Waals surface area contributed by atoms with E-state index in [2.05, 4.69) is 15.2 Å². The smallest absolute Gasteiger partial charge is 0.240 e. The Hall–Kier alpha value is -2.80. The first-order valence-corrected chi connectivity index (χ1v) is 8.95. The van der Waals surface area contributed by atoms with Crippen LogP contribution in [0.5, 0.6) is 0 Å². The Kier molecular flexibility index (Phi) is 4.26. The lowest BCUT2D eigenvalue weighted by Crippen LogP contribution is -2.11. The molecule has 0 spiro atoms. The lowest BCUT2D eigenvalue weighted by atomic mass is 10.1. The number of hydrogen-bond donors (Lipinski definition) is 1. The number of hydrogen-bond acceptors (Lipinski definition) is 6. The summed E-state index contributed by atoms with van der Waals surface area (Å²) in [4.78, 5) is 4.21. The molecule has 2 N–H and O–H groups in total. The molecule has 2 aromatic carbocycles. The van der Waals surface area contributed by atoms with Crippen molar-refractivity contribution in [2.75, 3.05) is 5.73 Å². The monoisotopic (exact) mass is 340 g/mol. The minimum Gasteiger partial charge on any atom is -0.366 e. The van der Waals surface area contributed by atoms with Crippen LogP contribution in [-0.4, -0.2) is 23.6 Å². The summed E-state index contributed by atoms with van der Waals surface area (Å²) in [7, 11) is -3.54. The molecule has 0 amide bonds. The van der Waals surface area contributed by atoms with Crippen LogP contribution in [0.2, 0.25) is 0 Å². The van der Waals surface area contributed by atoms with Crippen LogP contribution in [0.1, 0.15) is 11.4 Å². The molecule has 122 valence electrons. The molecular weight excluding hydrogens is 324 g/mol. The molecule has 0 fully saturated rings. The van der Waals surface area contributed by atoms with Crippen LogP contribution in [0, 0.1) is 6.92 Å². The normalized spacial score (nSPS) is 11.4. The van der Waals surface area contributed by atoms with E-state index in [0.717, 1.165) is 11.1 Å². The maximum absolute atomic E-state index is 12.6. The highest BCUT2D eigenvalue weighted by Gasteiger charge is 2.18. The molecule has 0 saturated carbocycles. The molecule has 0 bridgehead atoms. The van der Waals surface area contributed by atoms with Crippen molar-refractivity contribution in [3.63, 3.8) is 0 Å². The van der Waals surface area contributed by atoms with Crippen LogP contribution in [0.4, 0.5) is 5.95 Å². The molecule has 0 radical (unpaired) electrons. The van der Waals surface area contributed by atoms with Crippen molar-refractivity contribution >= 4 is 15.8 Å². The van der Waals surface area contributed by atoms with Crippen molar-refractivity contribution in [2.24, 2.45) is 0 Å². The quantitative estimate of drug-likeness (QED) is 0.783. The molecular formula is C17H16N4O2S. The first-order chi connectivity index (χ1) is 11.5. The second kappa shape index (κ2) is 6.37. The minimum absolute atomic E-state index is 0.0368. The standard InChI is InChI=1S/C17H16N4O2S/c1-12-16(19-17(18)21-20-12)11-24(22,23)15-9-7-14(8-10-15)13-5-3-2-4-6-13/h2-10H,11H2,1H3,(H2,18,19,21). The van der Waals surface area contributed by atoms with Crippen LogP contribution in [-0.2, 0) is 15.6 Å². The summed E-state index contributed by atoms with van der Waals surface area (Å²) in [6.45, 7) is 1.66. The Morgan fingerprint density at radius 2 is 1.54 bits per heavy atom. The fourth-order valence-electron chi connectivity index (χ4n) is 2.31. The highest BCUT2D eigenvalue weighted by atomic mass is 32.2. The Morgan fingerprint density at radius 1 is 0.917 bits per heavy atom. The molecule has 3 aromatic rings. The van der Waals surface area contributed by atoms with E-state index in [1.54, 1.807) is 31.2 Å². The van der Waals surface area contributed by atoms with E-state index in [1.165, 1.54) is 0 Å². The van der Waals surface area contributed by atoms with Crippen molar-refractivity contribution in [1.29, 1.82) is 0 Å². The number of anilines is 1. The number of aryl methyl sites for hydroxylation is 1. The van der Waals surface area contributed by atoms with E-state index in [-0.39, 0.29) is 16.6 Å². The van der Waals surface area contributed by atoms with Gasteiger partial charge < -0.3 is 5.73 Å². The average molecular weight is 340 g/mol. The molecule has 0 aliphatic heterocycles. The lowest BCUT2D eigenvalue weighted by molar-refractivity contribution is 0.594. The van der Waals surface area contributed by atoms with E-state index in [0.29, 0.717) is 11.4 Å². The number of rotatable bonds is 4. The van der Waals surface area contributed by atoms with Gasteiger partial charge in [-0.25, -0.2) is 13.4 Å². The van der Waals surface area contributed by atoms with Crippen molar-refractivity contribution in [3.8, 4) is 11.1 Å². The van der Waals surface area contributed by atoms with Crippen LogP contribution in [0.25, 0.3) is 11.1 Å². The zero-order valence-corrected chi connectivity index (χ0v) is 13.9. The Balaban J connectivity index is 1.89. The van der Waals surface area contributed by atoms with Gasteiger partial charge in [-0.1, -0.05) is 42.5 Å². The maximum atomic E-state index is 12.6. The molecule has 7 heteroatoms. The maximum Gasteiger partial charge on any atom is 0.240 e. The zero-order valence-electron chi connectivity index (χ0n) is 13.0. The number of sulfone groups is 1. The van der Waals surface area contributed by atoms with Gasteiger partial charge in [-0.2, -0.15) is 5.10 Å². The Labute approximate surface area is 140 Å². The second-order valence-corrected chi connectivity index (χ2v) is 7.34. The molecule has 1 aromatic heterocycles. The highest BCUT2D eigenvalue weighted by Crippen LogP contribution is 2.23. The summed E-state index contributed by atoms with van der Waals surface area (Å²) in [6, 6.07) is 16.6. The summed E-state index contributed by atoms with van der Waals surface area (Å²) in [6.07, 6.45) is 0. The molecule has 0 aliphatic rings. The number of nitrogens with zero attached hydrogens (tertiary/aromatic N) is 3. The third-order valence-electron chi connectivity index (χ3n) is 3.62. The SMILES string of the molecule is Cc1nnc(N)nc1CS(=O)(=O)c1ccc(-c2ccccc2)cc1. The van der Waals surface area contributed by atoms with E-state index >= 15 is 0 Å². The van der Waals surface area contributed by atoms with Gasteiger partial charge in [-0.15, -0.1) is 5.10 Å². The Morgan fingerprint density at radius 3 is 2.21 bits per heavy atom. The molecule has 0 aliphatic carbocycles. The van der Waals surface area contributed by atoms with Gasteiger partial charge in [0.15, 0.2) is 9.84 Å². The van der Waals surface area contributed by atoms with Crippen molar-refractivity contribution < 1.29 is 8.42 Å². The highest BCUT2D eigenvalue weighted by molar-refractivity contribution is 7.90. The van der Waals surface area contributed by atoms with Gasteiger partial charge in [-0.3, -0.25) is 0 Å². The van der Waals surface area contributed by atoms with Gasteiger partial charge in [0.05, 0.1) is 22.0 Å².